The van der Waals surface area contributed by atoms with Crippen molar-refractivity contribution in [3.63, 3.8) is 0 Å². The van der Waals surface area contributed by atoms with Crippen LogP contribution in [0.25, 0.3) is 0 Å². The van der Waals surface area contributed by atoms with Crippen molar-refractivity contribution in [2.45, 2.75) is 40.3 Å². The molecule has 0 saturated heterocycles. The average Bonchev–Trinajstić information content (AvgIpc) is 2.47. The number of carbonyl (C=O) groups excluding carboxylic acids is 1. The second kappa shape index (κ2) is 7.12. The minimum absolute atomic E-state index is 0.110. The summed E-state index contributed by atoms with van der Waals surface area (Å²) in [5.41, 5.74) is 4.50. The molecule has 0 bridgehead atoms. The second-order valence-corrected chi connectivity index (χ2v) is 5.74. The van der Waals surface area contributed by atoms with Crippen LogP contribution in [0.1, 0.15) is 29.2 Å². The lowest BCUT2D eigenvalue weighted by molar-refractivity contribution is -0.127. The van der Waals surface area contributed by atoms with E-state index in [0.29, 0.717) is 6.54 Å². The predicted octanol–water partition coefficient (Wildman–Crippen LogP) is 3.70. The van der Waals surface area contributed by atoms with Gasteiger partial charge in [-0.2, -0.15) is 0 Å². The molecule has 1 atom stereocenters. The molecule has 0 aliphatic rings. The Balaban J connectivity index is 1.92. The average molecular weight is 297 g/mol. The van der Waals surface area contributed by atoms with Gasteiger partial charge in [-0.3, -0.25) is 4.79 Å². The minimum atomic E-state index is -0.522. The fraction of sp³-hybridized carbons (Fsp3) is 0.316. The van der Waals surface area contributed by atoms with Crippen LogP contribution in [-0.4, -0.2) is 12.0 Å². The maximum atomic E-state index is 12.1. The van der Waals surface area contributed by atoms with Gasteiger partial charge in [0.2, 0.25) is 0 Å². The summed E-state index contributed by atoms with van der Waals surface area (Å²) in [6, 6.07) is 14.0. The van der Waals surface area contributed by atoms with E-state index in [0.717, 1.165) is 16.9 Å². The topological polar surface area (TPSA) is 38.3 Å². The van der Waals surface area contributed by atoms with Crippen LogP contribution >= 0.6 is 0 Å². The highest BCUT2D eigenvalue weighted by Gasteiger charge is 2.15. The molecule has 22 heavy (non-hydrogen) atoms. The lowest BCUT2D eigenvalue weighted by atomic mass is 10.1. The maximum Gasteiger partial charge on any atom is 0.261 e. The van der Waals surface area contributed by atoms with Gasteiger partial charge in [0.1, 0.15) is 5.75 Å². The molecule has 1 N–H and O–H groups in total. The number of hydrogen-bond acceptors (Lipinski definition) is 2. The van der Waals surface area contributed by atoms with E-state index in [1.165, 1.54) is 11.1 Å². The molecule has 0 saturated carbocycles. The van der Waals surface area contributed by atoms with Crippen molar-refractivity contribution in [1.29, 1.82) is 0 Å². The summed E-state index contributed by atoms with van der Waals surface area (Å²) in [7, 11) is 0. The number of nitrogens with one attached hydrogen (secondary N) is 1. The molecule has 2 aromatic carbocycles. The lowest BCUT2D eigenvalue weighted by Gasteiger charge is -2.16. The van der Waals surface area contributed by atoms with Crippen LogP contribution in [0, 0.1) is 20.8 Å². The Morgan fingerprint density at radius 2 is 1.82 bits per heavy atom. The summed E-state index contributed by atoms with van der Waals surface area (Å²) in [5, 5.41) is 2.91. The van der Waals surface area contributed by atoms with Crippen molar-refractivity contribution < 1.29 is 9.53 Å². The van der Waals surface area contributed by atoms with Crippen LogP contribution < -0.4 is 10.1 Å². The number of benzene rings is 2. The summed E-state index contributed by atoms with van der Waals surface area (Å²) in [4.78, 5) is 12.1. The molecule has 1 amide bonds. The molecule has 0 aromatic heterocycles. The number of carbonyl (C=O) groups is 1. The van der Waals surface area contributed by atoms with E-state index in [1.54, 1.807) is 6.92 Å². The first kappa shape index (κ1) is 16.1. The van der Waals surface area contributed by atoms with E-state index in [9.17, 15) is 4.79 Å². The fourth-order valence-corrected chi connectivity index (χ4v) is 2.33. The van der Waals surface area contributed by atoms with Gasteiger partial charge < -0.3 is 10.1 Å². The Labute approximate surface area is 132 Å². The summed E-state index contributed by atoms with van der Waals surface area (Å²) < 4.78 is 5.76. The van der Waals surface area contributed by atoms with Gasteiger partial charge in [0.05, 0.1) is 0 Å². The Kier molecular flexibility index (Phi) is 5.21. The smallest absolute Gasteiger partial charge is 0.261 e. The minimum Gasteiger partial charge on any atom is -0.481 e. The molecule has 0 heterocycles. The van der Waals surface area contributed by atoms with Gasteiger partial charge in [-0.1, -0.05) is 47.5 Å². The van der Waals surface area contributed by atoms with Gasteiger partial charge in [-0.15, -0.1) is 0 Å². The summed E-state index contributed by atoms with van der Waals surface area (Å²) in [5.74, 6) is 0.644. The van der Waals surface area contributed by atoms with Gasteiger partial charge >= 0.3 is 0 Å². The van der Waals surface area contributed by atoms with Gasteiger partial charge in [0.15, 0.2) is 6.10 Å². The standard InChI is InChI=1S/C19H23NO2/c1-13-6-5-7-17(11-13)12-20-19(21)16(4)22-18-9-8-14(2)10-15(18)3/h5-11,16H,12H2,1-4H3,(H,20,21). The molecule has 116 valence electrons. The molecule has 2 rings (SSSR count). The highest BCUT2D eigenvalue weighted by molar-refractivity contribution is 5.80. The first-order valence-corrected chi connectivity index (χ1v) is 7.53. The fourth-order valence-electron chi connectivity index (χ4n) is 2.33. The first-order chi connectivity index (χ1) is 10.5. The third kappa shape index (κ3) is 4.35. The molecule has 3 heteroatoms. The summed E-state index contributed by atoms with van der Waals surface area (Å²) >= 11 is 0. The molecule has 0 aliphatic carbocycles. The molecule has 3 nitrogen and oxygen atoms in total. The van der Waals surface area contributed by atoms with E-state index < -0.39 is 6.10 Å². The predicted molar refractivity (Wildman–Crippen MR) is 89.0 cm³/mol. The normalized spacial score (nSPS) is 11.8. The van der Waals surface area contributed by atoms with Crippen molar-refractivity contribution in [2.75, 3.05) is 0 Å². The van der Waals surface area contributed by atoms with Crippen molar-refractivity contribution in [3.05, 3.63) is 64.7 Å². The molecule has 0 spiro atoms. The molecular formula is C19H23NO2. The largest absolute Gasteiger partial charge is 0.481 e. The summed E-state index contributed by atoms with van der Waals surface area (Å²) in [6.07, 6.45) is -0.522. The molecule has 1 unspecified atom stereocenters. The van der Waals surface area contributed by atoms with Gasteiger partial charge in [-0.25, -0.2) is 0 Å². The monoisotopic (exact) mass is 297 g/mol. The Morgan fingerprint density at radius 1 is 1.09 bits per heavy atom. The highest BCUT2D eigenvalue weighted by Crippen LogP contribution is 2.20. The number of aryl methyl sites for hydroxylation is 3. The lowest BCUT2D eigenvalue weighted by Crippen LogP contribution is -2.36. The van der Waals surface area contributed by atoms with Crippen molar-refractivity contribution in [2.24, 2.45) is 0 Å². The molecular weight excluding hydrogens is 274 g/mol. The quantitative estimate of drug-likeness (QED) is 0.914. The van der Waals surface area contributed by atoms with E-state index in [-0.39, 0.29) is 5.91 Å². The van der Waals surface area contributed by atoms with Crippen LogP contribution in [-0.2, 0) is 11.3 Å². The molecule has 0 radical (unpaired) electrons. The van der Waals surface area contributed by atoms with Crippen LogP contribution in [0.3, 0.4) is 0 Å². The van der Waals surface area contributed by atoms with E-state index >= 15 is 0 Å². The highest BCUT2D eigenvalue weighted by atomic mass is 16.5. The Hall–Kier alpha value is -2.29. The Morgan fingerprint density at radius 3 is 2.50 bits per heavy atom. The van der Waals surface area contributed by atoms with Crippen molar-refractivity contribution in [1.82, 2.24) is 5.32 Å². The van der Waals surface area contributed by atoms with Crippen LogP contribution in [0.2, 0.25) is 0 Å². The van der Waals surface area contributed by atoms with Crippen molar-refractivity contribution >= 4 is 5.91 Å². The second-order valence-electron chi connectivity index (χ2n) is 5.74. The zero-order chi connectivity index (χ0) is 16.1. The first-order valence-electron chi connectivity index (χ1n) is 7.53. The van der Waals surface area contributed by atoms with Gasteiger partial charge in [0, 0.05) is 6.54 Å². The number of hydrogen-bond donors (Lipinski definition) is 1. The summed E-state index contributed by atoms with van der Waals surface area (Å²) in [6.45, 7) is 8.34. The Bertz CT molecular complexity index is 664. The van der Waals surface area contributed by atoms with E-state index in [4.69, 9.17) is 4.74 Å². The SMILES string of the molecule is Cc1cccc(CNC(=O)C(C)Oc2ccc(C)cc2C)c1. The van der Waals surface area contributed by atoms with E-state index in [2.05, 4.69) is 11.4 Å². The van der Waals surface area contributed by atoms with Gasteiger partial charge in [0.25, 0.3) is 5.91 Å². The maximum absolute atomic E-state index is 12.1. The zero-order valence-electron chi connectivity index (χ0n) is 13.6. The third-order valence-corrected chi connectivity index (χ3v) is 3.55. The van der Waals surface area contributed by atoms with E-state index in [1.807, 2.05) is 57.2 Å². The number of amides is 1. The van der Waals surface area contributed by atoms with Crippen molar-refractivity contribution in [3.8, 4) is 5.75 Å². The number of ether oxygens (including phenoxy) is 1. The third-order valence-electron chi connectivity index (χ3n) is 3.55. The molecule has 0 fully saturated rings. The molecule has 2 aromatic rings. The van der Waals surface area contributed by atoms with Crippen LogP contribution in [0.4, 0.5) is 0 Å². The number of rotatable bonds is 5. The van der Waals surface area contributed by atoms with Gasteiger partial charge in [-0.05, 0) is 44.9 Å². The van der Waals surface area contributed by atoms with Crippen LogP contribution in [0.15, 0.2) is 42.5 Å². The molecule has 0 aliphatic heterocycles. The van der Waals surface area contributed by atoms with Crippen LogP contribution in [0.5, 0.6) is 5.75 Å². The zero-order valence-corrected chi connectivity index (χ0v) is 13.6.